The van der Waals surface area contributed by atoms with Crippen LogP contribution in [0.1, 0.15) is 39.1 Å². The van der Waals surface area contributed by atoms with Crippen molar-refractivity contribution in [3.8, 4) is 28.7 Å². The lowest BCUT2D eigenvalue weighted by molar-refractivity contribution is 0.191. The van der Waals surface area contributed by atoms with Gasteiger partial charge in [-0.1, -0.05) is 20.8 Å². The number of ether oxygens (including phenoxy) is 1. The number of H-pyrrole nitrogens is 1. The lowest BCUT2D eigenvalue weighted by Crippen LogP contribution is -2.36. The fraction of sp³-hybridized carbons (Fsp3) is 0.429. The molecule has 33 heavy (non-hydrogen) atoms. The Morgan fingerprint density at radius 3 is 2.58 bits per heavy atom. The minimum Gasteiger partial charge on any atom is -0.478 e. The van der Waals surface area contributed by atoms with Gasteiger partial charge in [0.2, 0.25) is 5.95 Å². The predicted molar refractivity (Wildman–Crippen MR) is 124 cm³/mol. The van der Waals surface area contributed by atoms with Crippen molar-refractivity contribution in [2.75, 3.05) is 24.7 Å². The van der Waals surface area contributed by atoms with Crippen molar-refractivity contribution in [3.63, 3.8) is 0 Å². The molecule has 0 radical (unpaired) electrons. The number of anilines is 2. The number of carbonyl (C=O) groups is 1. The van der Waals surface area contributed by atoms with E-state index >= 15 is 0 Å². The number of aromatic amines is 1. The summed E-state index contributed by atoms with van der Waals surface area (Å²) >= 11 is 0. The molecule has 3 aromatic rings. The zero-order valence-corrected chi connectivity index (χ0v) is 19.5. The molecular formula is C21H29N9O3. The van der Waals surface area contributed by atoms with Crippen LogP contribution in [0.5, 0.6) is 5.88 Å². The van der Waals surface area contributed by atoms with Crippen molar-refractivity contribution in [2.45, 2.75) is 46.1 Å². The van der Waals surface area contributed by atoms with Crippen molar-refractivity contribution in [2.24, 2.45) is 0 Å². The highest BCUT2D eigenvalue weighted by Crippen LogP contribution is 2.34. The van der Waals surface area contributed by atoms with Crippen LogP contribution in [0.2, 0.25) is 0 Å². The maximum absolute atomic E-state index is 10.8. The summed E-state index contributed by atoms with van der Waals surface area (Å²) in [7, 11) is 1.48. The Morgan fingerprint density at radius 1 is 1.21 bits per heavy atom. The third-order valence-corrected chi connectivity index (χ3v) is 4.76. The second-order valence-electron chi connectivity index (χ2n) is 8.67. The number of nitrogens with two attached hydrogens (primary N) is 1. The Kier molecular flexibility index (Phi) is 6.65. The molecule has 1 amide bonds. The molecule has 0 fully saturated rings. The number of carboxylic acid groups (broad SMARTS) is 1. The van der Waals surface area contributed by atoms with Crippen LogP contribution >= 0.6 is 0 Å². The molecule has 0 aliphatic rings. The highest BCUT2D eigenvalue weighted by atomic mass is 16.5. The third-order valence-electron chi connectivity index (χ3n) is 4.76. The van der Waals surface area contributed by atoms with E-state index in [-0.39, 0.29) is 23.2 Å². The maximum Gasteiger partial charge on any atom is 0.404 e. The first-order valence-corrected chi connectivity index (χ1v) is 10.3. The average Bonchev–Trinajstić information content (AvgIpc) is 3.19. The topological polar surface area (TPSA) is 177 Å². The van der Waals surface area contributed by atoms with Gasteiger partial charge in [0.05, 0.1) is 24.7 Å². The first kappa shape index (κ1) is 23.7. The van der Waals surface area contributed by atoms with E-state index in [2.05, 4.69) is 35.6 Å². The molecule has 1 unspecified atom stereocenters. The standard InChI is InChI=1S/C21H29N9O3/c1-10-7-24-19(25-8-11(2)26-20(31)32)30-13(10)15-14(28-18(29-15)21(3,4)5)12-9-23-16(22)17(27-12)33-6/h7,9,11,26H,8H2,1-6H3,(H2,22,23)(H,28,29)(H,31,32)(H,24,25,30). The number of amides is 1. The molecule has 0 spiro atoms. The van der Waals surface area contributed by atoms with Crippen molar-refractivity contribution in [1.82, 2.24) is 35.2 Å². The molecule has 1 atom stereocenters. The summed E-state index contributed by atoms with van der Waals surface area (Å²) in [5.41, 5.74) is 8.70. The number of methoxy groups -OCH3 is 1. The summed E-state index contributed by atoms with van der Waals surface area (Å²) in [6.07, 6.45) is 2.14. The van der Waals surface area contributed by atoms with E-state index in [9.17, 15) is 4.79 Å². The van der Waals surface area contributed by atoms with Crippen LogP contribution in [0.3, 0.4) is 0 Å². The second kappa shape index (κ2) is 9.27. The van der Waals surface area contributed by atoms with E-state index in [0.29, 0.717) is 35.3 Å². The normalized spacial score (nSPS) is 12.3. The number of hydrogen-bond acceptors (Lipinski definition) is 9. The van der Waals surface area contributed by atoms with E-state index in [0.717, 1.165) is 11.4 Å². The van der Waals surface area contributed by atoms with Gasteiger partial charge in [-0.2, -0.15) is 0 Å². The number of imidazole rings is 1. The van der Waals surface area contributed by atoms with Crippen molar-refractivity contribution in [3.05, 3.63) is 23.8 Å². The van der Waals surface area contributed by atoms with Crippen LogP contribution in [-0.2, 0) is 5.41 Å². The van der Waals surface area contributed by atoms with Gasteiger partial charge in [-0.15, -0.1) is 0 Å². The Bertz CT molecular complexity index is 1150. The minimum absolute atomic E-state index is 0.183. The molecular weight excluding hydrogens is 426 g/mol. The number of nitrogen functional groups attached to an aromatic ring is 1. The van der Waals surface area contributed by atoms with E-state index in [1.807, 2.05) is 27.7 Å². The molecule has 176 valence electrons. The van der Waals surface area contributed by atoms with Gasteiger partial charge in [0.25, 0.3) is 5.88 Å². The summed E-state index contributed by atoms with van der Waals surface area (Å²) in [5.74, 6) is 1.49. The summed E-state index contributed by atoms with van der Waals surface area (Å²) < 4.78 is 5.23. The molecule has 0 saturated heterocycles. The summed E-state index contributed by atoms with van der Waals surface area (Å²) in [4.78, 5) is 36.6. The lowest BCUT2D eigenvalue weighted by atomic mass is 9.96. The highest BCUT2D eigenvalue weighted by molar-refractivity contribution is 5.77. The number of aryl methyl sites for hydroxylation is 1. The molecule has 0 aliphatic heterocycles. The SMILES string of the molecule is COc1nc(-c2nc(C(C)(C)C)[nH]c2-c2nc(NCC(C)NC(=O)O)ncc2C)cnc1N. The molecule has 6 N–H and O–H groups in total. The van der Waals surface area contributed by atoms with Crippen LogP contribution in [0.25, 0.3) is 22.8 Å². The molecule has 12 nitrogen and oxygen atoms in total. The van der Waals surface area contributed by atoms with E-state index < -0.39 is 6.09 Å². The van der Waals surface area contributed by atoms with Gasteiger partial charge in [0.1, 0.15) is 17.2 Å². The number of nitrogens with one attached hydrogen (secondary N) is 3. The molecule has 3 heterocycles. The zero-order valence-electron chi connectivity index (χ0n) is 19.5. The molecule has 12 heteroatoms. The zero-order chi connectivity index (χ0) is 24.3. The molecule has 0 aromatic carbocycles. The number of hydrogen-bond donors (Lipinski definition) is 5. The number of nitrogens with zero attached hydrogens (tertiary/aromatic N) is 5. The summed E-state index contributed by atoms with van der Waals surface area (Å²) in [6.45, 7) is 10.1. The Balaban J connectivity index is 2.06. The first-order valence-electron chi connectivity index (χ1n) is 10.3. The fourth-order valence-corrected chi connectivity index (χ4v) is 3.02. The van der Waals surface area contributed by atoms with Crippen molar-refractivity contribution in [1.29, 1.82) is 0 Å². The lowest BCUT2D eigenvalue weighted by Gasteiger charge is -2.14. The van der Waals surface area contributed by atoms with Crippen LogP contribution in [-0.4, -0.2) is 60.8 Å². The van der Waals surface area contributed by atoms with Gasteiger partial charge in [-0.3, -0.25) is 0 Å². The van der Waals surface area contributed by atoms with Crippen LogP contribution in [0.15, 0.2) is 12.4 Å². The van der Waals surface area contributed by atoms with E-state index in [4.69, 9.17) is 20.6 Å². The summed E-state index contributed by atoms with van der Waals surface area (Å²) in [6, 6.07) is -0.330. The predicted octanol–water partition coefficient (Wildman–Crippen LogP) is 2.59. The van der Waals surface area contributed by atoms with Gasteiger partial charge >= 0.3 is 6.09 Å². The number of rotatable bonds is 7. The van der Waals surface area contributed by atoms with Crippen LogP contribution < -0.4 is 21.1 Å². The van der Waals surface area contributed by atoms with E-state index in [1.54, 1.807) is 19.3 Å². The Labute approximate surface area is 191 Å². The monoisotopic (exact) mass is 455 g/mol. The second-order valence-corrected chi connectivity index (χ2v) is 8.67. The maximum atomic E-state index is 10.8. The smallest absolute Gasteiger partial charge is 0.404 e. The van der Waals surface area contributed by atoms with Gasteiger partial charge in [-0.25, -0.2) is 29.7 Å². The molecule has 0 saturated carbocycles. The summed E-state index contributed by atoms with van der Waals surface area (Å²) in [5, 5.41) is 14.3. The fourth-order valence-electron chi connectivity index (χ4n) is 3.02. The minimum atomic E-state index is -1.09. The van der Waals surface area contributed by atoms with Crippen molar-refractivity contribution < 1.29 is 14.6 Å². The highest BCUT2D eigenvalue weighted by Gasteiger charge is 2.25. The molecule has 3 rings (SSSR count). The van der Waals surface area contributed by atoms with Crippen LogP contribution in [0, 0.1) is 6.92 Å². The van der Waals surface area contributed by atoms with E-state index in [1.165, 1.54) is 7.11 Å². The van der Waals surface area contributed by atoms with Gasteiger partial charge in [0.15, 0.2) is 5.82 Å². The molecule has 0 aliphatic carbocycles. The van der Waals surface area contributed by atoms with Gasteiger partial charge in [-0.05, 0) is 19.4 Å². The first-order chi connectivity index (χ1) is 15.5. The van der Waals surface area contributed by atoms with Gasteiger partial charge in [0, 0.05) is 24.2 Å². The Morgan fingerprint density at radius 2 is 1.94 bits per heavy atom. The number of aromatic nitrogens is 6. The van der Waals surface area contributed by atoms with Crippen LogP contribution in [0.4, 0.5) is 16.6 Å². The average molecular weight is 456 g/mol. The quantitative estimate of drug-likeness (QED) is 0.356. The third kappa shape index (κ3) is 5.45. The van der Waals surface area contributed by atoms with Crippen molar-refractivity contribution >= 4 is 17.9 Å². The largest absolute Gasteiger partial charge is 0.478 e. The molecule has 0 bridgehead atoms. The Hall–Kier alpha value is -3.96. The molecule has 3 aromatic heterocycles. The van der Waals surface area contributed by atoms with Gasteiger partial charge < -0.3 is 31.2 Å².